The van der Waals surface area contributed by atoms with Crippen LogP contribution in [-0.4, -0.2) is 55.2 Å². The SMILES string of the molecule is CC[C@H]1CN(C(=O)CC#N)CC[C@H]1Nc1c(C(N)=O)cnn2cc(-c3cnn(CC(C)C)c3)cc12. The van der Waals surface area contributed by atoms with Crippen molar-refractivity contribution in [2.75, 3.05) is 18.4 Å². The van der Waals surface area contributed by atoms with Crippen LogP contribution in [0.3, 0.4) is 0 Å². The number of carbonyl (C=O) groups is 2. The lowest BCUT2D eigenvalue weighted by Crippen LogP contribution is -2.48. The summed E-state index contributed by atoms with van der Waals surface area (Å²) in [5.41, 5.74) is 9.36. The van der Waals surface area contributed by atoms with E-state index in [-0.39, 0.29) is 24.3 Å². The maximum absolute atomic E-state index is 12.3. The van der Waals surface area contributed by atoms with Crippen molar-refractivity contribution in [3.05, 3.63) is 36.4 Å². The molecule has 1 fully saturated rings. The Kier molecular flexibility index (Phi) is 7.05. The van der Waals surface area contributed by atoms with Crippen molar-refractivity contribution in [2.45, 2.75) is 52.6 Å². The van der Waals surface area contributed by atoms with Gasteiger partial charge in [-0.15, -0.1) is 0 Å². The molecule has 0 spiro atoms. The number of nitrogens with one attached hydrogen (secondary N) is 1. The molecule has 0 radical (unpaired) electrons. The van der Waals surface area contributed by atoms with E-state index in [4.69, 9.17) is 11.0 Å². The number of piperidine rings is 1. The van der Waals surface area contributed by atoms with Gasteiger partial charge in [0.05, 0.1) is 35.2 Å². The first-order chi connectivity index (χ1) is 16.8. The molecule has 35 heavy (non-hydrogen) atoms. The predicted octanol–water partition coefficient (Wildman–Crippen LogP) is 2.91. The molecule has 10 nitrogen and oxygen atoms in total. The van der Waals surface area contributed by atoms with Gasteiger partial charge in [-0.3, -0.25) is 14.3 Å². The molecular weight excluding hydrogens is 444 g/mol. The third kappa shape index (κ3) is 5.14. The Morgan fingerprint density at radius 2 is 2.06 bits per heavy atom. The van der Waals surface area contributed by atoms with Crippen molar-refractivity contribution in [3.63, 3.8) is 0 Å². The lowest BCUT2D eigenvalue weighted by molar-refractivity contribution is -0.132. The second-order valence-electron chi connectivity index (χ2n) is 9.58. The number of fused-ring (bicyclic) bond motifs is 1. The minimum Gasteiger partial charge on any atom is -0.379 e. The van der Waals surface area contributed by atoms with Gasteiger partial charge >= 0.3 is 0 Å². The van der Waals surface area contributed by atoms with Gasteiger partial charge < -0.3 is 16.0 Å². The van der Waals surface area contributed by atoms with Crippen LogP contribution in [0.1, 0.15) is 50.4 Å². The van der Waals surface area contributed by atoms with Crippen molar-refractivity contribution in [1.82, 2.24) is 24.3 Å². The second-order valence-corrected chi connectivity index (χ2v) is 9.58. The van der Waals surface area contributed by atoms with Crippen molar-refractivity contribution < 1.29 is 9.59 Å². The highest BCUT2D eigenvalue weighted by Crippen LogP contribution is 2.31. The Morgan fingerprint density at radius 1 is 1.26 bits per heavy atom. The fourth-order valence-electron chi connectivity index (χ4n) is 4.77. The summed E-state index contributed by atoms with van der Waals surface area (Å²) in [5, 5.41) is 21.3. The third-order valence-corrected chi connectivity index (χ3v) is 6.59. The molecule has 10 heteroatoms. The monoisotopic (exact) mass is 476 g/mol. The largest absolute Gasteiger partial charge is 0.379 e. The molecule has 0 aromatic carbocycles. The Hall–Kier alpha value is -3.87. The molecule has 3 aromatic rings. The van der Waals surface area contributed by atoms with Crippen LogP contribution < -0.4 is 11.1 Å². The average Bonchev–Trinajstić information content (AvgIpc) is 3.46. The van der Waals surface area contributed by atoms with Crippen LogP contribution in [0, 0.1) is 23.2 Å². The molecule has 0 saturated carbocycles. The summed E-state index contributed by atoms with van der Waals surface area (Å²) in [7, 11) is 0. The normalized spacial score (nSPS) is 18.1. The smallest absolute Gasteiger partial charge is 0.252 e. The maximum Gasteiger partial charge on any atom is 0.252 e. The molecule has 1 saturated heterocycles. The zero-order chi connectivity index (χ0) is 25.1. The summed E-state index contributed by atoms with van der Waals surface area (Å²) in [6.45, 7) is 8.34. The average molecular weight is 477 g/mol. The number of primary amides is 1. The quantitative estimate of drug-likeness (QED) is 0.513. The summed E-state index contributed by atoms with van der Waals surface area (Å²) < 4.78 is 3.67. The van der Waals surface area contributed by atoms with E-state index in [0.717, 1.165) is 29.6 Å². The lowest BCUT2D eigenvalue weighted by Gasteiger charge is -2.39. The first-order valence-corrected chi connectivity index (χ1v) is 12.1. The van der Waals surface area contributed by atoms with Crippen LogP contribution in [0.15, 0.2) is 30.9 Å². The van der Waals surface area contributed by atoms with E-state index in [0.29, 0.717) is 36.7 Å². The Bertz CT molecular complexity index is 1270. The molecule has 4 rings (SSSR count). The predicted molar refractivity (Wildman–Crippen MR) is 132 cm³/mol. The summed E-state index contributed by atoms with van der Waals surface area (Å²) in [6.07, 6.45) is 8.71. The lowest BCUT2D eigenvalue weighted by atomic mass is 9.89. The van der Waals surface area contributed by atoms with Gasteiger partial charge in [0.25, 0.3) is 5.91 Å². The number of nitrogens with two attached hydrogens (primary N) is 1. The van der Waals surface area contributed by atoms with E-state index >= 15 is 0 Å². The Labute approximate surface area is 204 Å². The van der Waals surface area contributed by atoms with Gasteiger partial charge in [0.1, 0.15) is 6.42 Å². The minimum atomic E-state index is -0.551. The number of anilines is 1. The molecule has 1 aliphatic heterocycles. The fourth-order valence-corrected chi connectivity index (χ4v) is 4.77. The fraction of sp³-hybridized carbons (Fsp3) is 0.480. The number of amides is 2. The topological polar surface area (TPSA) is 134 Å². The van der Waals surface area contributed by atoms with Crippen LogP contribution in [0.2, 0.25) is 0 Å². The van der Waals surface area contributed by atoms with Gasteiger partial charge in [-0.1, -0.05) is 20.8 Å². The highest BCUT2D eigenvalue weighted by atomic mass is 16.2. The Morgan fingerprint density at radius 3 is 2.74 bits per heavy atom. The van der Waals surface area contributed by atoms with E-state index < -0.39 is 5.91 Å². The number of rotatable bonds is 8. The van der Waals surface area contributed by atoms with Crippen molar-refractivity contribution in [3.8, 4) is 17.2 Å². The van der Waals surface area contributed by atoms with Crippen LogP contribution in [-0.2, 0) is 11.3 Å². The molecule has 0 bridgehead atoms. The van der Waals surface area contributed by atoms with E-state index in [1.165, 1.54) is 6.20 Å². The second kappa shape index (κ2) is 10.2. The van der Waals surface area contributed by atoms with Gasteiger partial charge in [-0.2, -0.15) is 15.5 Å². The van der Waals surface area contributed by atoms with Gasteiger partial charge in [0, 0.05) is 49.2 Å². The van der Waals surface area contributed by atoms with Crippen molar-refractivity contribution >= 4 is 23.0 Å². The van der Waals surface area contributed by atoms with E-state index in [1.807, 2.05) is 35.4 Å². The molecule has 2 atom stereocenters. The molecular formula is C25H32N8O2. The molecule has 0 aliphatic carbocycles. The number of carbonyl (C=O) groups excluding carboxylic acids is 2. The number of hydrogen-bond donors (Lipinski definition) is 2. The molecule has 2 amide bonds. The number of likely N-dealkylation sites (tertiary alicyclic amines) is 1. The molecule has 3 N–H and O–H groups in total. The van der Waals surface area contributed by atoms with Gasteiger partial charge in [0.2, 0.25) is 5.91 Å². The van der Waals surface area contributed by atoms with Crippen molar-refractivity contribution in [1.29, 1.82) is 5.26 Å². The molecule has 1 aliphatic rings. The zero-order valence-electron chi connectivity index (χ0n) is 20.4. The van der Waals surface area contributed by atoms with Gasteiger partial charge in [-0.25, -0.2) is 4.52 Å². The molecule has 4 heterocycles. The number of hydrogen-bond acceptors (Lipinski definition) is 6. The van der Waals surface area contributed by atoms with E-state index in [2.05, 4.69) is 36.3 Å². The van der Waals surface area contributed by atoms with Crippen LogP contribution in [0.25, 0.3) is 16.6 Å². The van der Waals surface area contributed by atoms with Crippen LogP contribution >= 0.6 is 0 Å². The standard InChI is InChI=1S/C25H32N8O2/c1-4-17-13-31(23(34)5-7-26)8-6-21(17)30-24-20(25(27)35)11-29-33-15-18(9-22(24)33)19-10-28-32(14-19)12-16(2)3/h9-11,14-17,21,30H,4-6,8,12-13H2,1-3H3,(H2,27,35)/t17-,21+/m0/s1. The minimum absolute atomic E-state index is 0.0441. The van der Waals surface area contributed by atoms with Crippen LogP contribution in [0.4, 0.5) is 5.69 Å². The molecule has 184 valence electrons. The highest BCUT2D eigenvalue weighted by Gasteiger charge is 2.31. The number of nitriles is 1. The number of aromatic nitrogens is 4. The summed E-state index contributed by atoms with van der Waals surface area (Å²) in [5.74, 6) is -0.0314. The summed E-state index contributed by atoms with van der Waals surface area (Å²) in [6, 6.07) is 3.98. The third-order valence-electron chi connectivity index (χ3n) is 6.59. The zero-order valence-corrected chi connectivity index (χ0v) is 20.4. The van der Waals surface area contributed by atoms with Crippen molar-refractivity contribution in [2.24, 2.45) is 17.6 Å². The number of nitrogens with zero attached hydrogens (tertiary/aromatic N) is 6. The van der Waals surface area contributed by atoms with Gasteiger partial charge in [0.15, 0.2) is 0 Å². The first kappa shape index (κ1) is 24.3. The van der Waals surface area contributed by atoms with Crippen LogP contribution in [0.5, 0.6) is 0 Å². The molecule has 0 unspecified atom stereocenters. The van der Waals surface area contributed by atoms with E-state index in [1.54, 1.807) is 9.42 Å². The summed E-state index contributed by atoms with van der Waals surface area (Å²) in [4.78, 5) is 26.3. The summed E-state index contributed by atoms with van der Waals surface area (Å²) >= 11 is 0. The Balaban J connectivity index is 1.65. The van der Waals surface area contributed by atoms with E-state index in [9.17, 15) is 9.59 Å². The molecule has 3 aromatic heterocycles. The van der Waals surface area contributed by atoms with Gasteiger partial charge in [-0.05, 0) is 30.7 Å². The maximum atomic E-state index is 12.3. The highest BCUT2D eigenvalue weighted by molar-refractivity contribution is 6.02. The first-order valence-electron chi connectivity index (χ1n) is 12.1.